The standard InChI is InChI=1S/C17H19F3N2O4/c18-17(19,20)11-6-4-9(5-7-11)14(24)16(26)22-13(15(21)25)10-2-1-3-12(23)8-10/h4-7,10,13-14,24H,1-3,8H2,(H2,21,25)(H,22,26)/t10-,13-,14+/m0/s1. The Morgan fingerprint density at radius 1 is 1.23 bits per heavy atom. The minimum Gasteiger partial charge on any atom is -0.378 e. The number of ketones is 1. The molecule has 0 heterocycles. The Morgan fingerprint density at radius 2 is 1.85 bits per heavy atom. The van der Waals surface area contributed by atoms with Crippen LogP contribution < -0.4 is 11.1 Å². The summed E-state index contributed by atoms with van der Waals surface area (Å²) in [5.41, 5.74) is 4.33. The van der Waals surface area contributed by atoms with Crippen molar-refractivity contribution in [2.45, 2.75) is 44.0 Å². The van der Waals surface area contributed by atoms with E-state index in [2.05, 4.69) is 5.32 Å². The van der Waals surface area contributed by atoms with E-state index in [0.717, 1.165) is 24.3 Å². The summed E-state index contributed by atoms with van der Waals surface area (Å²) in [5, 5.41) is 12.4. The number of rotatable bonds is 5. The summed E-state index contributed by atoms with van der Waals surface area (Å²) in [6.45, 7) is 0. The lowest BCUT2D eigenvalue weighted by Crippen LogP contribution is -2.51. The van der Waals surface area contributed by atoms with E-state index in [1.165, 1.54) is 0 Å². The van der Waals surface area contributed by atoms with Gasteiger partial charge in [-0.2, -0.15) is 13.2 Å². The number of benzene rings is 1. The lowest BCUT2D eigenvalue weighted by molar-refractivity contribution is -0.137. The number of hydrogen-bond donors (Lipinski definition) is 3. The van der Waals surface area contributed by atoms with Gasteiger partial charge in [0.2, 0.25) is 5.91 Å². The van der Waals surface area contributed by atoms with Crippen LogP contribution in [0.25, 0.3) is 0 Å². The van der Waals surface area contributed by atoms with Crippen molar-refractivity contribution in [1.29, 1.82) is 0 Å². The third-order valence-corrected chi connectivity index (χ3v) is 4.40. The molecule has 6 nitrogen and oxygen atoms in total. The molecule has 1 aromatic carbocycles. The average Bonchev–Trinajstić information content (AvgIpc) is 2.57. The number of aliphatic hydroxyl groups excluding tert-OH is 1. The van der Waals surface area contributed by atoms with Crippen molar-refractivity contribution in [3.63, 3.8) is 0 Å². The lowest BCUT2D eigenvalue weighted by atomic mass is 9.82. The molecule has 0 aliphatic heterocycles. The predicted molar refractivity (Wildman–Crippen MR) is 84.5 cm³/mol. The van der Waals surface area contributed by atoms with Gasteiger partial charge in [0.05, 0.1) is 5.56 Å². The average molecular weight is 372 g/mol. The van der Waals surface area contributed by atoms with Crippen molar-refractivity contribution in [1.82, 2.24) is 5.32 Å². The van der Waals surface area contributed by atoms with Gasteiger partial charge in [0.15, 0.2) is 6.10 Å². The van der Waals surface area contributed by atoms with Crippen LogP contribution in [0.2, 0.25) is 0 Å². The quantitative estimate of drug-likeness (QED) is 0.727. The molecular formula is C17H19F3N2O4. The topological polar surface area (TPSA) is 109 Å². The van der Waals surface area contributed by atoms with Crippen LogP contribution in [0.1, 0.15) is 42.9 Å². The first kappa shape index (κ1) is 19.9. The number of Topliss-reactive ketones (excluding diaryl/α,β-unsaturated/α-hetero) is 1. The molecule has 0 spiro atoms. The Hall–Kier alpha value is -2.42. The molecule has 2 rings (SSSR count). The molecule has 142 valence electrons. The first-order valence-electron chi connectivity index (χ1n) is 8.06. The molecule has 1 aromatic rings. The fourth-order valence-electron chi connectivity index (χ4n) is 3.00. The smallest absolute Gasteiger partial charge is 0.378 e. The molecule has 9 heteroatoms. The molecule has 0 radical (unpaired) electrons. The van der Waals surface area contributed by atoms with E-state index in [1.54, 1.807) is 0 Å². The van der Waals surface area contributed by atoms with Crippen LogP contribution in [0.3, 0.4) is 0 Å². The molecule has 0 unspecified atom stereocenters. The zero-order valence-corrected chi connectivity index (χ0v) is 13.8. The summed E-state index contributed by atoms with van der Waals surface area (Å²) in [6, 6.07) is 2.33. The number of amides is 2. The number of nitrogens with one attached hydrogen (secondary N) is 1. The molecule has 1 aliphatic rings. The van der Waals surface area contributed by atoms with Gasteiger partial charge in [-0.25, -0.2) is 0 Å². The minimum absolute atomic E-state index is 0.0370. The van der Waals surface area contributed by atoms with Crippen LogP contribution in [0.5, 0.6) is 0 Å². The fraction of sp³-hybridized carbons (Fsp3) is 0.471. The zero-order chi connectivity index (χ0) is 19.5. The summed E-state index contributed by atoms with van der Waals surface area (Å²) in [4.78, 5) is 35.4. The Labute approximate surface area is 147 Å². The highest BCUT2D eigenvalue weighted by atomic mass is 19.4. The number of primary amides is 1. The van der Waals surface area contributed by atoms with Crippen molar-refractivity contribution in [3.8, 4) is 0 Å². The van der Waals surface area contributed by atoms with Gasteiger partial charge in [-0.05, 0) is 36.5 Å². The number of carbonyl (C=O) groups is 3. The first-order chi connectivity index (χ1) is 12.1. The van der Waals surface area contributed by atoms with Gasteiger partial charge < -0.3 is 16.2 Å². The first-order valence-corrected chi connectivity index (χ1v) is 8.06. The lowest BCUT2D eigenvalue weighted by Gasteiger charge is -2.28. The highest BCUT2D eigenvalue weighted by Gasteiger charge is 2.34. The van der Waals surface area contributed by atoms with E-state index in [9.17, 15) is 32.7 Å². The molecule has 0 aromatic heterocycles. The van der Waals surface area contributed by atoms with Crippen LogP contribution in [0.4, 0.5) is 13.2 Å². The van der Waals surface area contributed by atoms with Crippen LogP contribution >= 0.6 is 0 Å². The zero-order valence-electron chi connectivity index (χ0n) is 13.8. The number of nitrogens with two attached hydrogens (primary N) is 1. The van der Waals surface area contributed by atoms with E-state index in [0.29, 0.717) is 19.3 Å². The van der Waals surface area contributed by atoms with Crippen molar-refractivity contribution < 1.29 is 32.7 Å². The number of halogens is 3. The molecule has 1 aliphatic carbocycles. The van der Waals surface area contributed by atoms with E-state index in [1.807, 2.05) is 0 Å². The van der Waals surface area contributed by atoms with Crippen LogP contribution in [0, 0.1) is 5.92 Å². The Morgan fingerprint density at radius 3 is 2.35 bits per heavy atom. The number of carbonyl (C=O) groups excluding carboxylic acids is 3. The van der Waals surface area contributed by atoms with Crippen molar-refractivity contribution in [2.75, 3.05) is 0 Å². The summed E-state index contributed by atoms with van der Waals surface area (Å²) >= 11 is 0. The molecule has 0 saturated heterocycles. The minimum atomic E-state index is -4.53. The third-order valence-electron chi connectivity index (χ3n) is 4.40. The van der Waals surface area contributed by atoms with Gasteiger partial charge in [-0.3, -0.25) is 14.4 Å². The molecule has 4 N–H and O–H groups in total. The third kappa shape index (κ3) is 4.81. The second kappa shape index (κ2) is 7.86. The molecule has 26 heavy (non-hydrogen) atoms. The van der Waals surface area contributed by atoms with Gasteiger partial charge in [0.1, 0.15) is 11.8 Å². The number of aliphatic hydroxyl groups is 1. The predicted octanol–water partition coefficient (Wildman–Crippen LogP) is 1.47. The highest BCUT2D eigenvalue weighted by molar-refractivity contribution is 5.90. The van der Waals surface area contributed by atoms with Crippen LogP contribution in [-0.2, 0) is 20.6 Å². The van der Waals surface area contributed by atoms with Gasteiger partial charge in [0.25, 0.3) is 5.91 Å². The van der Waals surface area contributed by atoms with Crippen LogP contribution in [-0.4, -0.2) is 28.7 Å². The number of hydrogen-bond acceptors (Lipinski definition) is 4. The molecule has 1 fully saturated rings. The summed E-state index contributed by atoms with van der Waals surface area (Å²) in [7, 11) is 0. The van der Waals surface area contributed by atoms with Crippen LogP contribution in [0.15, 0.2) is 24.3 Å². The van der Waals surface area contributed by atoms with Crippen molar-refractivity contribution >= 4 is 17.6 Å². The van der Waals surface area contributed by atoms with Crippen molar-refractivity contribution in [2.24, 2.45) is 11.7 Å². The summed E-state index contributed by atoms with van der Waals surface area (Å²) < 4.78 is 37.7. The highest BCUT2D eigenvalue weighted by Crippen LogP contribution is 2.30. The molecular weight excluding hydrogens is 353 g/mol. The van der Waals surface area contributed by atoms with E-state index in [-0.39, 0.29) is 17.8 Å². The maximum absolute atomic E-state index is 12.6. The molecule has 1 saturated carbocycles. The molecule has 2 amide bonds. The summed E-state index contributed by atoms with van der Waals surface area (Å²) in [5.74, 6) is -2.30. The summed E-state index contributed by atoms with van der Waals surface area (Å²) in [6.07, 6.45) is -4.69. The van der Waals surface area contributed by atoms with Gasteiger partial charge in [0, 0.05) is 12.8 Å². The fourth-order valence-corrected chi connectivity index (χ4v) is 3.00. The normalized spacial score (nSPS) is 20.3. The Balaban J connectivity index is 2.08. The van der Waals surface area contributed by atoms with Crippen molar-refractivity contribution in [3.05, 3.63) is 35.4 Å². The second-order valence-electron chi connectivity index (χ2n) is 6.31. The maximum atomic E-state index is 12.6. The van der Waals surface area contributed by atoms with E-state index < -0.39 is 41.6 Å². The van der Waals surface area contributed by atoms with Gasteiger partial charge in [-0.1, -0.05) is 12.1 Å². The monoisotopic (exact) mass is 372 g/mol. The maximum Gasteiger partial charge on any atom is 0.416 e. The van der Waals surface area contributed by atoms with Gasteiger partial charge >= 0.3 is 6.18 Å². The second-order valence-corrected chi connectivity index (χ2v) is 6.31. The SMILES string of the molecule is NC(=O)[C@@H](NC(=O)[C@H](O)c1ccc(C(F)(F)F)cc1)[C@H]1CCCC(=O)C1. The Kier molecular flexibility index (Phi) is 6.01. The Bertz CT molecular complexity index is 688. The largest absolute Gasteiger partial charge is 0.416 e. The van der Waals surface area contributed by atoms with Gasteiger partial charge in [-0.15, -0.1) is 0 Å². The van der Waals surface area contributed by atoms with E-state index >= 15 is 0 Å². The molecule has 3 atom stereocenters. The molecule has 0 bridgehead atoms. The number of alkyl halides is 3. The van der Waals surface area contributed by atoms with E-state index in [4.69, 9.17) is 5.73 Å².